The molecule has 1 rings (SSSR count). The van der Waals surface area contributed by atoms with Crippen LogP contribution in [0, 0.1) is 5.92 Å². The number of nitrogens with one attached hydrogen (secondary N) is 2. The molecule has 0 aromatic carbocycles. The van der Waals surface area contributed by atoms with Crippen LogP contribution in [0.3, 0.4) is 0 Å². The van der Waals surface area contributed by atoms with E-state index in [0.717, 1.165) is 19.5 Å². The zero-order valence-electron chi connectivity index (χ0n) is 12.9. The van der Waals surface area contributed by atoms with E-state index in [2.05, 4.69) is 40.9 Å². The molecule has 0 spiro atoms. The molecule has 1 aromatic rings. The Balaban J connectivity index is 2.05. The summed E-state index contributed by atoms with van der Waals surface area (Å²) in [4.78, 5) is 0. The van der Waals surface area contributed by atoms with E-state index < -0.39 is 0 Å². The van der Waals surface area contributed by atoms with Gasteiger partial charge in [0.25, 0.3) is 0 Å². The zero-order valence-corrected chi connectivity index (χ0v) is 13.8. The third-order valence-corrected chi connectivity index (χ3v) is 3.54. The molecule has 0 fully saturated rings. The van der Waals surface area contributed by atoms with Gasteiger partial charge in [0.1, 0.15) is 0 Å². The van der Waals surface area contributed by atoms with Gasteiger partial charge in [0.15, 0.2) is 0 Å². The van der Waals surface area contributed by atoms with Crippen molar-refractivity contribution >= 4 is 17.8 Å². The van der Waals surface area contributed by atoms with E-state index in [1.165, 1.54) is 25.0 Å². The van der Waals surface area contributed by atoms with Crippen molar-refractivity contribution < 1.29 is 4.42 Å². The molecule has 0 aliphatic carbocycles. The van der Waals surface area contributed by atoms with Gasteiger partial charge in [-0.25, -0.2) is 0 Å². The average Bonchev–Trinajstić information content (AvgIpc) is 2.85. The lowest BCUT2D eigenvalue weighted by atomic mass is 10.2. The SMILES string of the molecule is CSCCCCCCNc1nnc(CNCC(C)C)o1. The molecular formula is C14H28N4OS. The van der Waals surface area contributed by atoms with Gasteiger partial charge in [-0.2, -0.15) is 11.8 Å². The Morgan fingerprint density at radius 2 is 1.95 bits per heavy atom. The fourth-order valence-electron chi connectivity index (χ4n) is 1.78. The second-order valence-electron chi connectivity index (χ2n) is 5.36. The van der Waals surface area contributed by atoms with Crippen LogP contribution >= 0.6 is 11.8 Å². The minimum Gasteiger partial charge on any atom is -0.407 e. The van der Waals surface area contributed by atoms with E-state index in [1.807, 2.05) is 11.8 Å². The molecule has 0 atom stereocenters. The first-order valence-corrected chi connectivity index (χ1v) is 8.87. The van der Waals surface area contributed by atoms with Crippen LogP contribution in [0.15, 0.2) is 4.42 Å². The van der Waals surface area contributed by atoms with Crippen LogP contribution in [0.25, 0.3) is 0 Å². The predicted octanol–water partition coefficient (Wildman–Crippen LogP) is 3.15. The number of aromatic nitrogens is 2. The summed E-state index contributed by atoms with van der Waals surface area (Å²) < 4.78 is 5.51. The number of nitrogens with zero attached hydrogens (tertiary/aromatic N) is 2. The number of anilines is 1. The van der Waals surface area contributed by atoms with Crippen molar-refractivity contribution in [1.82, 2.24) is 15.5 Å². The summed E-state index contributed by atoms with van der Waals surface area (Å²) in [6.45, 7) is 6.85. The van der Waals surface area contributed by atoms with Crippen molar-refractivity contribution in [3.63, 3.8) is 0 Å². The number of thioether (sulfide) groups is 1. The van der Waals surface area contributed by atoms with E-state index in [1.54, 1.807) is 0 Å². The minimum atomic E-state index is 0.537. The maximum atomic E-state index is 5.51. The van der Waals surface area contributed by atoms with Crippen LogP contribution < -0.4 is 10.6 Å². The third kappa shape index (κ3) is 8.43. The van der Waals surface area contributed by atoms with Crippen molar-refractivity contribution in [3.8, 4) is 0 Å². The Hall–Kier alpha value is -0.750. The first-order chi connectivity index (χ1) is 9.72. The molecule has 116 valence electrons. The van der Waals surface area contributed by atoms with Crippen LogP contribution in [-0.4, -0.2) is 35.3 Å². The van der Waals surface area contributed by atoms with E-state index in [4.69, 9.17) is 4.42 Å². The molecule has 0 bridgehead atoms. The number of hydrogen-bond donors (Lipinski definition) is 2. The van der Waals surface area contributed by atoms with Gasteiger partial charge in [0.2, 0.25) is 5.89 Å². The van der Waals surface area contributed by atoms with Crippen LogP contribution in [0.1, 0.15) is 45.4 Å². The normalized spacial score (nSPS) is 11.2. The first-order valence-electron chi connectivity index (χ1n) is 7.48. The van der Waals surface area contributed by atoms with Crippen molar-refractivity contribution in [2.45, 2.75) is 46.1 Å². The molecule has 0 amide bonds. The van der Waals surface area contributed by atoms with Gasteiger partial charge in [-0.05, 0) is 37.3 Å². The number of rotatable bonds is 12. The molecule has 0 unspecified atom stereocenters. The Morgan fingerprint density at radius 1 is 1.15 bits per heavy atom. The summed E-state index contributed by atoms with van der Waals surface area (Å²) in [5.74, 6) is 2.54. The Bertz CT molecular complexity index is 344. The Morgan fingerprint density at radius 3 is 2.70 bits per heavy atom. The third-order valence-electron chi connectivity index (χ3n) is 2.85. The van der Waals surface area contributed by atoms with Gasteiger partial charge < -0.3 is 15.1 Å². The molecule has 20 heavy (non-hydrogen) atoms. The van der Waals surface area contributed by atoms with Gasteiger partial charge >= 0.3 is 6.01 Å². The van der Waals surface area contributed by atoms with Crippen molar-refractivity contribution in [2.24, 2.45) is 5.92 Å². The molecule has 0 aliphatic heterocycles. The fourth-order valence-corrected chi connectivity index (χ4v) is 2.28. The van der Waals surface area contributed by atoms with Gasteiger partial charge in [-0.1, -0.05) is 31.8 Å². The zero-order chi connectivity index (χ0) is 14.6. The highest BCUT2D eigenvalue weighted by molar-refractivity contribution is 7.98. The molecule has 1 aromatic heterocycles. The summed E-state index contributed by atoms with van der Waals surface area (Å²) in [6, 6.07) is 0.537. The second-order valence-corrected chi connectivity index (χ2v) is 6.35. The highest BCUT2D eigenvalue weighted by Gasteiger charge is 2.05. The summed E-state index contributed by atoms with van der Waals surface area (Å²) >= 11 is 1.92. The molecule has 6 heteroatoms. The van der Waals surface area contributed by atoms with E-state index in [9.17, 15) is 0 Å². The van der Waals surface area contributed by atoms with Gasteiger partial charge in [-0.15, -0.1) is 5.10 Å². The maximum Gasteiger partial charge on any atom is 0.315 e. The molecule has 1 heterocycles. The smallest absolute Gasteiger partial charge is 0.315 e. The van der Waals surface area contributed by atoms with Gasteiger partial charge in [0.05, 0.1) is 6.54 Å². The topological polar surface area (TPSA) is 63.0 Å². The van der Waals surface area contributed by atoms with E-state index in [0.29, 0.717) is 24.4 Å². The lowest BCUT2D eigenvalue weighted by molar-refractivity contribution is 0.458. The average molecular weight is 300 g/mol. The summed E-state index contributed by atoms with van der Waals surface area (Å²) in [6.07, 6.45) is 7.18. The highest BCUT2D eigenvalue weighted by Crippen LogP contribution is 2.07. The predicted molar refractivity (Wildman–Crippen MR) is 86.2 cm³/mol. The molecular weight excluding hydrogens is 272 g/mol. The van der Waals surface area contributed by atoms with Crippen molar-refractivity contribution in [2.75, 3.05) is 30.4 Å². The van der Waals surface area contributed by atoms with Gasteiger partial charge in [-0.3, -0.25) is 0 Å². The summed E-state index contributed by atoms with van der Waals surface area (Å²) in [5.41, 5.74) is 0. The molecule has 0 radical (unpaired) electrons. The van der Waals surface area contributed by atoms with Crippen LogP contribution in [-0.2, 0) is 6.54 Å². The first kappa shape index (κ1) is 17.3. The van der Waals surface area contributed by atoms with Crippen molar-refractivity contribution in [1.29, 1.82) is 0 Å². The second kappa shape index (κ2) is 11.0. The number of hydrogen-bond acceptors (Lipinski definition) is 6. The lowest BCUT2D eigenvalue weighted by Crippen LogP contribution is -2.19. The molecule has 0 saturated heterocycles. The van der Waals surface area contributed by atoms with Crippen LogP contribution in [0.4, 0.5) is 6.01 Å². The van der Waals surface area contributed by atoms with E-state index >= 15 is 0 Å². The molecule has 5 nitrogen and oxygen atoms in total. The van der Waals surface area contributed by atoms with Crippen LogP contribution in [0.2, 0.25) is 0 Å². The summed E-state index contributed by atoms with van der Waals surface area (Å²) in [5, 5.41) is 14.5. The van der Waals surface area contributed by atoms with Gasteiger partial charge in [0, 0.05) is 6.54 Å². The number of unbranched alkanes of at least 4 members (excludes halogenated alkanes) is 3. The minimum absolute atomic E-state index is 0.537. The largest absolute Gasteiger partial charge is 0.407 e. The quantitative estimate of drug-likeness (QED) is 0.578. The molecule has 0 aliphatic rings. The molecule has 2 N–H and O–H groups in total. The Labute approximate surface area is 126 Å². The van der Waals surface area contributed by atoms with Crippen LogP contribution in [0.5, 0.6) is 0 Å². The standard InChI is InChI=1S/C14H28N4OS/c1-12(2)10-15-11-13-17-18-14(19-13)16-8-6-4-5-7-9-20-3/h12,15H,4-11H2,1-3H3,(H,16,18). The molecule has 0 saturated carbocycles. The monoisotopic (exact) mass is 300 g/mol. The maximum absolute atomic E-state index is 5.51. The highest BCUT2D eigenvalue weighted by atomic mass is 32.2. The van der Waals surface area contributed by atoms with Crippen molar-refractivity contribution in [3.05, 3.63) is 5.89 Å². The lowest BCUT2D eigenvalue weighted by Gasteiger charge is -2.04. The summed E-state index contributed by atoms with van der Waals surface area (Å²) in [7, 11) is 0. The Kier molecular flexibility index (Phi) is 9.49. The van der Waals surface area contributed by atoms with E-state index in [-0.39, 0.29) is 0 Å². The fraction of sp³-hybridized carbons (Fsp3) is 0.857.